The number of rotatable bonds is 4. The Bertz CT molecular complexity index is 474. The van der Waals surface area contributed by atoms with Crippen LogP contribution in [0.15, 0.2) is 43.0 Å². The first-order valence-corrected chi connectivity index (χ1v) is 6.00. The van der Waals surface area contributed by atoms with Crippen molar-refractivity contribution in [2.75, 3.05) is 11.9 Å². The first-order valence-electron chi connectivity index (χ1n) is 5.19. The van der Waals surface area contributed by atoms with Gasteiger partial charge in [0.25, 0.3) is 0 Å². The van der Waals surface area contributed by atoms with Crippen LogP contribution >= 0.6 is 11.3 Å². The molecule has 1 heterocycles. The average Bonchev–Trinajstić information content (AvgIpc) is 2.69. The van der Waals surface area contributed by atoms with Crippen LogP contribution in [-0.2, 0) is 0 Å². The third-order valence-electron chi connectivity index (χ3n) is 2.23. The number of hydrogen-bond acceptors (Lipinski definition) is 3. The number of hydrogen-bond donors (Lipinski definition) is 1. The molecule has 16 heavy (non-hydrogen) atoms. The fraction of sp³-hybridized carbons (Fsp3) is 0.154. The van der Waals surface area contributed by atoms with Crippen LogP contribution in [0.4, 0.5) is 5.13 Å². The molecular weight excluding hydrogens is 216 g/mol. The molecule has 0 radical (unpaired) electrons. The molecule has 82 valence electrons. The quantitative estimate of drug-likeness (QED) is 0.810. The number of thiazole rings is 1. The Morgan fingerprint density at radius 2 is 2.12 bits per heavy atom. The highest BCUT2D eigenvalue weighted by Gasteiger charge is 2.08. The van der Waals surface area contributed by atoms with E-state index in [1.54, 1.807) is 11.3 Å². The van der Waals surface area contributed by atoms with E-state index in [9.17, 15) is 0 Å². The predicted octanol–water partition coefficient (Wildman–Crippen LogP) is 3.72. The highest BCUT2D eigenvalue weighted by molar-refractivity contribution is 7.19. The van der Waals surface area contributed by atoms with E-state index in [0.29, 0.717) is 0 Å². The molecule has 0 saturated carbocycles. The van der Waals surface area contributed by atoms with E-state index in [2.05, 4.69) is 29.0 Å². The molecule has 2 aromatic rings. The van der Waals surface area contributed by atoms with E-state index < -0.39 is 0 Å². The fourth-order valence-corrected chi connectivity index (χ4v) is 2.47. The second-order valence-corrected chi connectivity index (χ2v) is 4.47. The molecule has 0 aliphatic rings. The van der Waals surface area contributed by atoms with Crippen LogP contribution in [0.2, 0.25) is 0 Å². The van der Waals surface area contributed by atoms with Gasteiger partial charge in [-0.25, -0.2) is 4.98 Å². The molecule has 0 saturated heterocycles. The molecule has 0 bridgehead atoms. The fourth-order valence-electron chi connectivity index (χ4n) is 1.49. The van der Waals surface area contributed by atoms with Gasteiger partial charge in [-0.05, 0) is 12.5 Å². The molecule has 1 aromatic carbocycles. The van der Waals surface area contributed by atoms with E-state index in [-0.39, 0.29) is 0 Å². The molecule has 0 aliphatic carbocycles. The van der Waals surface area contributed by atoms with Crippen molar-refractivity contribution in [3.8, 4) is 10.4 Å². The van der Waals surface area contributed by atoms with E-state index in [1.807, 2.05) is 31.2 Å². The van der Waals surface area contributed by atoms with Gasteiger partial charge in [-0.1, -0.05) is 47.7 Å². The zero-order chi connectivity index (χ0) is 11.4. The summed E-state index contributed by atoms with van der Waals surface area (Å²) < 4.78 is 0. The first-order chi connectivity index (χ1) is 7.81. The minimum atomic E-state index is 0.751. The molecule has 2 nitrogen and oxygen atoms in total. The number of nitrogens with one attached hydrogen (secondary N) is 1. The summed E-state index contributed by atoms with van der Waals surface area (Å²) in [5.41, 5.74) is 2.30. The lowest BCUT2D eigenvalue weighted by Gasteiger charge is -1.96. The third-order valence-corrected chi connectivity index (χ3v) is 3.39. The van der Waals surface area contributed by atoms with Crippen LogP contribution in [0, 0.1) is 6.92 Å². The van der Waals surface area contributed by atoms with Gasteiger partial charge >= 0.3 is 0 Å². The normalized spacial score (nSPS) is 10.1. The van der Waals surface area contributed by atoms with Gasteiger partial charge in [0.1, 0.15) is 0 Å². The summed E-state index contributed by atoms with van der Waals surface area (Å²) in [7, 11) is 0. The molecule has 3 heteroatoms. The van der Waals surface area contributed by atoms with Gasteiger partial charge in [-0.15, -0.1) is 6.58 Å². The van der Waals surface area contributed by atoms with Crippen molar-refractivity contribution in [3.05, 3.63) is 48.7 Å². The van der Waals surface area contributed by atoms with Gasteiger partial charge in [0.15, 0.2) is 5.13 Å². The summed E-state index contributed by atoms with van der Waals surface area (Å²) in [5, 5.41) is 4.17. The second kappa shape index (κ2) is 4.94. The van der Waals surface area contributed by atoms with Crippen LogP contribution in [-0.4, -0.2) is 11.5 Å². The van der Waals surface area contributed by atoms with Crippen molar-refractivity contribution in [3.63, 3.8) is 0 Å². The third kappa shape index (κ3) is 2.31. The standard InChI is InChI=1S/C13H14N2S/c1-3-9-14-13-15-10(2)12(16-13)11-7-5-4-6-8-11/h3-8H,1,9H2,2H3,(H,14,15). The van der Waals surface area contributed by atoms with E-state index in [0.717, 1.165) is 17.4 Å². The second-order valence-electron chi connectivity index (χ2n) is 3.47. The van der Waals surface area contributed by atoms with Gasteiger partial charge in [0.05, 0.1) is 10.6 Å². The molecular formula is C13H14N2S. The molecule has 1 N–H and O–H groups in total. The van der Waals surface area contributed by atoms with Crippen molar-refractivity contribution in [1.82, 2.24) is 4.98 Å². The highest BCUT2D eigenvalue weighted by Crippen LogP contribution is 2.32. The van der Waals surface area contributed by atoms with Crippen molar-refractivity contribution in [2.24, 2.45) is 0 Å². The molecule has 0 fully saturated rings. The minimum absolute atomic E-state index is 0.751. The SMILES string of the molecule is C=CCNc1nc(C)c(-c2ccccc2)s1. The summed E-state index contributed by atoms with van der Waals surface area (Å²) in [6.07, 6.45) is 1.83. The summed E-state index contributed by atoms with van der Waals surface area (Å²) >= 11 is 1.68. The Morgan fingerprint density at radius 3 is 2.81 bits per heavy atom. The minimum Gasteiger partial charge on any atom is -0.358 e. The number of benzene rings is 1. The molecule has 2 rings (SSSR count). The maximum absolute atomic E-state index is 4.48. The van der Waals surface area contributed by atoms with Crippen molar-refractivity contribution < 1.29 is 0 Å². The average molecular weight is 230 g/mol. The largest absolute Gasteiger partial charge is 0.358 e. The van der Waals surface area contributed by atoms with Gasteiger partial charge in [0.2, 0.25) is 0 Å². The van der Waals surface area contributed by atoms with Crippen LogP contribution < -0.4 is 5.32 Å². The van der Waals surface area contributed by atoms with E-state index in [4.69, 9.17) is 0 Å². The molecule has 0 amide bonds. The number of aryl methyl sites for hydroxylation is 1. The van der Waals surface area contributed by atoms with Gasteiger partial charge in [0, 0.05) is 6.54 Å². The summed E-state index contributed by atoms with van der Waals surface area (Å²) in [6.45, 7) is 6.47. The molecule has 1 aromatic heterocycles. The van der Waals surface area contributed by atoms with Crippen LogP contribution in [0.5, 0.6) is 0 Å². The number of nitrogens with zero attached hydrogens (tertiary/aromatic N) is 1. The zero-order valence-electron chi connectivity index (χ0n) is 9.23. The van der Waals surface area contributed by atoms with Crippen LogP contribution in [0.3, 0.4) is 0 Å². The number of aromatic nitrogens is 1. The van der Waals surface area contributed by atoms with Gasteiger partial charge < -0.3 is 5.32 Å². The van der Waals surface area contributed by atoms with Crippen LogP contribution in [0.1, 0.15) is 5.69 Å². The van der Waals surface area contributed by atoms with Crippen LogP contribution in [0.25, 0.3) is 10.4 Å². The monoisotopic (exact) mass is 230 g/mol. The number of anilines is 1. The van der Waals surface area contributed by atoms with Gasteiger partial charge in [-0.3, -0.25) is 0 Å². The molecule has 0 spiro atoms. The Labute approximate surface area is 99.7 Å². The summed E-state index contributed by atoms with van der Waals surface area (Å²) in [6, 6.07) is 10.3. The van der Waals surface area contributed by atoms with E-state index >= 15 is 0 Å². The van der Waals surface area contributed by atoms with Crippen molar-refractivity contribution in [2.45, 2.75) is 6.92 Å². The Morgan fingerprint density at radius 1 is 1.38 bits per heavy atom. The smallest absolute Gasteiger partial charge is 0.183 e. The summed E-state index contributed by atoms with van der Waals surface area (Å²) in [4.78, 5) is 5.71. The molecule has 0 atom stereocenters. The lowest BCUT2D eigenvalue weighted by molar-refractivity contribution is 1.22. The first kappa shape index (κ1) is 10.9. The van der Waals surface area contributed by atoms with Gasteiger partial charge in [-0.2, -0.15) is 0 Å². The Balaban J connectivity index is 2.28. The highest BCUT2D eigenvalue weighted by atomic mass is 32.1. The lowest BCUT2D eigenvalue weighted by atomic mass is 10.2. The molecule has 0 aliphatic heterocycles. The topological polar surface area (TPSA) is 24.9 Å². The van der Waals surface area contributed by atoms with E-state index in [1.165, 1.54) is 10.4 Å². The maximum atomic E-state index is 4.48. The zero-order valence-corrected chi connectivity index (χ0v) is 10.1. The van der Waals surface area contributed by atoms with Crippen molar-refractivity contribution in [1.29, 1.82) is 0 Å². The Hall–Kier alpha value is -1.61. The maximum Gasteiger partial charge on any atom is 0.183 e. The predicted molar refractivity (Wildman–Crippen MR) is 71.0 cm³/mol. The lowest BCUT2D eigenvalue weighted by Crippen LogP contribution is -1.96. The Kier molecular flexibility index (Phi) is 3.37. The molecule has 0 unspecified atom stereocenters. The summed E-state index contributed by atoms with van der Waals surface area (Å²) in [5.74, 6) is 0. The van der Waals surface area contributed by atoms with Crippen molar-refractivity contribution >= 4 is 16.5 Å².